The smallest absolute Gasteiger partial charge is 0.131 e. The average Bonchev–Trinajstić information content (AvgIpc) is 3.73. The molecule has 0 amide bonds. The van der Waals surface area contributed by atoms with Gasteiger partial charge in [-0.25, -0.2) is 0 Å². The van der Waals surface area contributed by atoms with Crippen molar-refractivity contribution in [1.82, 2.24) is 0 Å². The summed E-state index contributed by atoms with van der Waals surface area (Å²) in [4.78, 5) is 0. The van der Waals surface area contributed by atoms with Crippen LogP contribution < -0.4 is 4.74 Å². The molecule has 0 saturated heterocycles. The predicted octanol–water partition coefficient (Wildman–Crippen LogP) is 14.0. The molecule has 1 heterocycles. The van der Waals surface area contributed by atoms with Crippen molar-refractivity contribution in [2.24, 2.45) is 0 Å². The molecule has 0 radical (unpaired) electrons. The standard InChI is InChI=1S/C55H36O/c1-54(37-15-3-2-4-16-37)49-25-13-14-26-52(49)56-53-32-28-36(34-51(53)54)39-31-30-38(40-17-5-6-18-41(39)40)35-27-29-45-44-21-9-12-24-48(44)55(50(45)33-35)46-22-10-7-19-42(46)43-20-8-11-23-47(43)55/h2-34H,1H3. The Balaban J connectivity index is 1.04. The topological polar surface area (TPSA) is 9.23 Å². The maximum Gasteiger partial charge on any atom is 0.131 e. The Bertz CT molecular complexity index is 3020. The molecule has 262 valence electrons. The second-order valence-electron chi connectivity index (χ2n) is 15.7. The molecule has 0 N–H and O–H groups in total. The lowest BCUT2D eigenvalue weighted by Crippen LogP contribution is -2.29. The molecule has 3 aliphatic rings. The van der Waals surface area contributed by atoms with Crippen molar-refractivity contribution >= 4 is 10.8 Å². The van der Waals surface area contributed by atoms with Gasteiger partial charge < -0.3 is 4.74 Å². The summed E-state index contributed by atoms with van der Waals surface area (Å²) in [7, 11) is 0. The molecule has 1 atom stereocenters. The van der Waals surface area contributed by atoms with Crippen LogP contribution >= 0.6 is 0 Å². The minimum Gasteiger partial charge on any atom is -0.457 e. The quantitative estimate of drug-likeness (QED) is 0.177. The van der Waals surface area contributed by atoms with Crippen molar-refractivity contribution < 1.29 is 4.74 Å². The summed E-state index contributed by atoms with van der Waals surface area (Å²) in [5.74, 6) is 1.82. The van der Waals surface area contributed by atoms with E-state index >= 15 is 0 Å². The number of rotatable bonds is 3. The van der Waals surface area contributed by atoms with E-state index in [1.165, 1.54) is 94.2 Å². The van der Waals surface area contributed by atoms with E-state index in [0.717, 1.165) is 11.5 Å². The van der Waals surface area contributed by atoms with E-state index in [1.54, 1.807) is 0 Å². The van der Waals surface area contributed by atoms with Crippen LogP contribution in [0.5, 0.6) is 11.5 Å². The fraction of sp³-hybridized carbons (Fsp3) is 0.0545. The molecular formula is C55H36O. The Morgan fingerprint density at radius 1 is 0.321 bits per heavy atom. The van der Waals surface area contributed by atoms with Gasteiger partial charge in [0.05, 0.1) is 5.41 Å². The van der Waals surface area contributed by atoms with E-state index in [1.807, 2.05) is 0 Å². The van der Waals surface area contributed by atoms with E-state index in [2.05, 4.69) is 207 Å². The van der Waals surface area contributed by atoms with Crippen LogP contribution in [-0.2, 0) is 10.8 Å². The lowest BCUT2D eigenvalue weighted by Gasteiger charge is -2.38. The van der Waals surface area contributed by atoms with Gasteiger partial charge in [0.1, 0.15) is 11.5 Å². The highest BCUT2D eigenvalue weighted by Crippen LogP contribution is 2.63. The Morgan fingerprint density at radius 2 is 0.750 bits per heavy atom. The molecule has 9 aromatic rings. The number of benzene rings is 9. The first kappa shape index (κ1) is 31.4. The summed E-state index contributed by atoms with van der Waals surface area (Å²) in [5, 5.41) is 2.48. The molecule has 1 heteroatoms. The lowest BCUT2D eigenvalue weighted by atomic mass is 9.69. The molecule has 56 heavy (non-hydrogen) atoms. The van der Waals surface area contributed by atoms with Crippen molar-refractivity contribution in [1.29, 1.82) is 0 Å². The van der Waals surface area contributed by atoms with Gasteiger partial charge >= 0.3 is 0 Å². The summed E-state index contributed by atoms with van der Waals surface area (Å²) in [6.45, 7) is 2.34. The maximum absolute atomic E-state index is 6.59. The minimum absolute atomic E-state index is 0.375. The molecule has 1 aliphatic heterocycles. The number of hydrogen-bond acceptors (Lipinski definition) is 1. The van der Waals surface area contributed by atoms with Crippen molar-refractivity contribution in [3.05, 3.63) is 239 Å². The minimum atomic E-state index is -0.382. The van der Waals surface area contributed by atoms with Crippen molar-refractivity contribution in [2.45, 2.75) is 17.8 Å². The summed E-state index contributed by atoms with van der Waals surface area (Å²) in [6, 6.07) is 74.0. The van der Waals surface area contributed by atoms with Crippen LogP contribution in [0.1, 0.15) is 45.9 Å². The fourth-order valence-corrected chi connectivity index (χ4v) is 10.6. The second-order valence-corrected chi connectivity index (χ2v) is 15.7. The van der Waals surface area contributed by atoms with Gasteiger partial charge in [0.15, 0.2) is 0 Å². The molecule has 2 aliphatic carbocycles. The van der Waals surface area contributed by atoms with Gasteiger partial charge in [-0.1, -0.05) is 176 Å². The number of ether oxygens (including phenoxy) is 1. The molecule has 1 unspecified atom stereocenters. The lowest BCUT2D eigenvalue weighted by molar-refractivity contribution is 0.427. The molecule has 0 bridgehead atoms. The molecule has 12 rings (SSSR count). The third-order valence-electron chi connectivity index (χ3n) is 13.1. The molecular weight excluding hydrogens is 677 g/mol. The molecule has 1 spiro atoms. The van der Waals surface area contributed by atoms with Crippen LogP contribution in [0.15, 0.2) is 200 Å². The zero-order valence-electron chi connectivity index (χ0n) is 31.0. The van der Waals surface area contributed by atoms with Crippen LogP contribution in [0, 0.1) is 0 Å². The molecule has 9 aromatic carbocycles. The van der Waals surface area contributed by atoms with Gasteiger partial charge in [0.25, 0.3) is 0 Å². The van der Waals surface area contributed by atoms with Crippen molar-refractivity contribution in [2.75, 3.05) is 0 Å². The van der Waals surface area contributed by atoms with Gasteiger partial charge in [-0.2, -0.15) is 0 Å². The summed E-state index contributed by atoms with van der Waals surface area (Å²) >= 11 is 0. The number of para-hydroxylation sites is 1. The zero-order chi connectivity index (χ0) is 37.0. The maximum atomic E-state index is 6.59. The Kier molecular flexibility index (Phi) is 6.46. The van der Waals surface area contributed by atoms with E-state index in [9.17, 15) is 0 Å². The Labute approximate surface area is 327 Å². The highest BCUT2D eigenvalue weighted by Gasteiger charge is 2.51. The zero-order valence-corrected chi connectivity index (χ0v) is 31.0. The SMILES string of the molecule is CC1(c2ccccc2)c2ccccc2Oc2ccc(-c3ccc(-c4ccc5c(c4)C4(c6ccccc6-c6ccccc64)c4ccccc4-5)c4ccccc34)cc21. The van der Waals surface area contributed by atoms with Gasteiger partial charge in [-0.15, -0.1) is 0 Å². The summed E-state index contributed by atoms with van der Waals surface area (Å²) in [6.07, 6.45) is 0. The van der Waals surface area contributed by atoms with E-state index in [-0.39, 0.29) is 10.8 Å². The monoisotopic (exact) mass is 712 g/mol. The number of hydrogen-bond donors (Lipinski definition) is 0. The third-order valence-corrected chi connectivity index (χ3v) is 13.1. The first-order valence-electron chi connectivity index (χ1n) is 19.6. The van der Waals surface area contributed by atoms with Crippen molar-refractivity contribution in [3.63, 3.8) is 0 Å². The van der Waals surface area contributed by atoms with Gasteiger partial charge in [-0.05, 0) is 114 Å². The van der Waals surface area contributed by atoms with Gasteiger partial charge in [-0.3, -0.25) is 0 Å². The largest absolute Gasteiger partial charge is 0.457 e. The molecule has 0 fully saturated rings. The van der Waals surface area contributed by atoms with Crippen LogP contribution in [0.4, 0.5) is 0 Å². The van der Waals surface area contributed by atoms with Crippen LogP contribution in [-0.4, -0.2) is 0 Å². The molecule has 1 nitrogen and oxygen atoms in total. The normalized spacial score (nSPS) is 16.3. The molecule has 0 saturated carbocycles. The predicted molar refractivity (Wildman–Crippen MR) is 230 cm³/mol. The Hall–Kier alpha value is -6.96. The highest BCUT2D eigenvalue weighted by atomic mass is 16.5. The first-order valence-corrected chi connectivity index (χ1v) is 19.6. The molecule has 0 aromatic heterocycles. The van der Waals surface area contributed by atoms with E-state index < -0.39 is 0 Å². The average molecular weight is 713 g/mol. The van der Waals surface area contributed by atoms with Gasteiger partial charge in [0.2, 0.25) is 0 Å². The fourth-order valence-electron chi connectivity index (χ4n) is 10.6. The van der Waals surface area contributed by atoms with E-state index in [0.29, 0.717) is 0 Å². The van der Waals surface area contributed by atoms with E-state index in [4.69, 9.17) is 4.74 Å². The van der Waals surface area contributed by atoms with Crippen molar-refractivity contribution in [3.8, 4) is 56.0 Å². The van der Waals surface area contributed by atoms with Crippen LogP contribution in [0.2, 0.25) is 0 Å². The van der Waals surface area contributed by atoms with Crippen LogP contribution in [0.25, 0.3) is 55.3 Å². The number of fused-ring (bicyclic) bond motifs is 13. The highest BCUT2D eigenvalue weighted by molar-refractivity contribution is 6.06. The first-order chi connectivity index (χ1) is 27.7. The summed E-state index contributed by atoms with van der Waals surface area (Å²) < 4.78 is 6.59. The Morgan fingerprint density at radius 3 is 1.36 bits per heavy atom. The van der Waals surface area contributed by atoms with Gasteiger partial charge in [0, 0.05) is 16.5 Å². The second kappa shape index (κ2) is 11.5. The summed E-state index contributed by atoms with van der Waals surface area (Å²) in [5.41, 5.74) is 18.5. The van der Waals surface area contributed by atoms with Crippen LogP contribution in [0.3, 0.4) is 0 Å². The third kappa shape index (κ3) is 4.04.